The molecule has 1 aromatic heterocycles. The van der Waals surface area contributed by atoms with Crippen LogP contribution in [0.1, 0.15) is 60.8 Å². The number of nitrogens with zero attached hydrogens (tertiary/aromatic N) is 4. The summed E-state index contributed by atoms with van der Waals surface area (Å²) in [5, 5.41) is 7.80. The number of guanidine groups is 1. The van der Waals surface area contributed by atoms with Gasteiger partial charge in [0, 0.05) is 30.2 Å². The maximum absolute atomic E-state index is 14.3. The molecule has 174 valence electrons. The van der Waals surface area contributed by atoms with E-state index in [0.29, 0.717) is 12.5 Å². The van der Waals surface area contributed by atoms with Crippen LogP contribution in [-0.2, 0) is 28.0 Å². The van der Waals surface area contributed by atoms with Gasteiger partial charge in [-0.3, -0.25) is 9.69 Å². The Labute approximate surface area is 199 Å². The molecule has 6 rings (SSSR count). The number of ether oxygens (including phenoxy) is 1. The second-order valence-corrected chi connectivity index (χ2v) is 10.1. The zero-order valence-electron chi connectivity index (χ0n) is 19.5. The van der Waals surface area contributed by atoms with Crippen molar-refractivity contribution >= 4 is 11.9 Å². The van der Waals surface area contributed by atoms with Crippen molar-refractivity contribution in [3.05, 3.63) is 58.9 Å². The molecule has 3 aliphatic carbocycles. The Morgan fingerprint density at radius 1 is 1.18 bits per heavy atom. The van der Waals surface area contributed by atoms with Gasteiger partial charge in [0.05, 0.1) is 18.8 Å². The summed E-state index contributed by atoms with van der Waals surface area (Å²) < 4.78 is 5.66. The van der Waals surface area contributed by atoms with Gasteiger partial charge in [-0.05, 0) is 79.8 Å². The van der Waals surface area contributed by atoms with Crippen molar-refractivity contribution in [1.82, 2.24) is 15.1 Å². The van der Waals surface area contributed by atoms with E-state index in [4.69, 9.17) is 15.5 Å². The number of hydrogen-bond donors (Lipinski definition) is 1. The highest BCUT2D eigenvalue weighted by Crippen LogP contribution is 2.62. The first-order chi connectivity index (χ1) is 16.5. The number of amides is 1. The Morgan fingerprint density at radius 2 is 2.00 bits per heavy atom. The number of fused-ring (bicyclic) bond motifs is 3. The maximum Gasteiger partial charge on any atom is 0.262 e. The van der Waals surface area contributed by atoms with E-state index in [9.17, 15) is 4.79 Å². The lowest BCUT2D eigenvalue weighted by atomic mass is 9.61. The Bertz CT molecular complexity index is 1220. The smallest absolute Gasteiger partial charge is 0.262 e. The molecule has 2 aromatic rings. The number of carbonyl (C=O) groups excluding carboxylic acids is 1. The Morgan fingerprint density at radius 3 is 2.71 bits per heavy atom. The minimum Gasteiger partial charge on any atom is -0.381 e. The van der Waals surface area contributed by atoms with E-state index < -0.39 is 5.54 Å². The number of carbonyl (C=O) groups is 1. The Hall–Kier alpha value is -3.24. The van der Waals surface area contributed by atoms with Gasteiger partial charge in [0.25, 0.3) is 5.91 Å². The van der Waals surface area contributed by atoms with E-state index in [1.165, 1.54) is 18.4 Å². The van der Waals surface area contributed by atoms with Crippen LogP contribution in [0.15, 0.2) is 41.7 Å². The van der Waals surface area contributed by atoms with E-state index in [0.717, 1.165) is 48.8 Å². The molecule has 1 amide bonds. The summed E-state index contributed by atoms with van der Waals surface area (Å²) in [6.07, 6.45) is 10.3. The minimum absolute atomic E-state index is 0.0382. The van der Waals surface area contributed by atoms with Crippen LogP contribution in [0.4, 0.5) is 0 Å². The van der Waals surface area contributed by atoms with E-state index in [1.54, 1.807) is 24.4 Å². The molecule has 0 saturated heterocycles. The number of benzene rings is 1. The molecule has 4 aliphatic rings. The van der Waals surface area contributed by atoms with Crippen LogP contribution in [0.3, 0.4) is 0 Å². The van der Waals surface area contributed by atoms with Crippen molar-refractivity contribution in [2.45, 2.75) is 63.1 Å². The van der Waals surface area contributed by atoms with Gasteiger partial charge in [0.2, 0.25) is 0 Å². The molecule has 0 bridgehead atoms. The lowest BCUT2D eigenvalue weighted by molar-refractivity contribution is -0.138. The van der Waals surface area contributed by atoms with Crippen molar-refractivity contribution in [3.8, 4) is 11.8 Å². The van der Waals surface area contributed by atoms with Crippen molar-refractivity contribution in [3.63, 3.8) is 0 Å². The Balaban J connectivity index is 1.44. The summed E-state index contributed by atoms with van der Waals surface area (Å²) in [6, 6.07) is 8.20. The van der Waals surface area contributed by atoms with Gasteiger partial charge in [0.1, 0.15) is 0 Å². The van der Waals surface area contributed by atoms with Crippen molar-refractivity contribution < 1.29 is 9.53 Å². The zero-order valence-corrected chi connectivity index (χ0v) is 19.5. The van der Waals surface area contributed by atoms with E-state index >= 15 is 0 Å². The molecular formula is C27H29N5O2. The molecule has 1 aliphatic heterocycles. The lowest BCUT2D eigenvalue weighted by Crippen LogP contribution is -2.52. The van der Waals surface area contributed by atoms with Gasteiger partial charge in [0.15, 0.2) is 11.5 Å². The van der Waals surface area contributed by atoms with Gasteiger partial charge < -0.3 is 10.5 Å². The monoisotopic (exact) mass is 455 g/mol. The molecular weight excluding hydrogens is 426 g/mol. The van der Waals surface area contributed by atoms with E-state index in [-0.39, 0.29) is 23.4 Å². The average molecular weight is 456 g/mol. The second-order valence-electron chi connectivity index (χ2n) is 10.1. The molecule has 2 N–H and O–H groups in total. The molecule has 7 heteroatoms. The highest BCUT2D eigenvalue weighted by molar-refractivity contribution is 6.08. The number of nitrogens with two attached hydrogens (primary N) is 1. The van der Waals surface area contributed by atoms with E-state index in [2.05, 4.69) is 40.2 Å². The summed E-state index contributed by atoms with van der Waals surface area (Å²) in [6.45, 7) is 0.332. The fourth-order valence-electron chi connectivity index (χ4n) is 6.10. The first kappa shape index (κ1) is 21.3. The normalized spacial score (nSPS) is 29.8. The van der Waals surface area contributed by atoms with Crippen LogP contribution in [0, 0.1) is 23.2 Å². The Kier molecular flexibility index (Phi) is 4.96. The largest absolute Gasteiger partial charge is 0.381 e. The molecule has 2 fully saturated rings. The van der Waals surface area contributed by atoms with Gasteiger partial charge >= 0.3 is 0 Å². The van der Waals surface area contributed by atoms with Crippen molar-refractivity contribution in [2.75, 3.05) is 7.11 Å². The SMILES string of the molecule is CO[C@H]1CC[C@]2(CC1)Cc1ccc(C#CC3CC3)cc1C21N=C(N)N(Cc2ccnnc2)C1=O. The molecule has 2 heterocycles. The predicted molar refractivity (Wildman–Crippen MR) is 127 cm³/mol. The molecule has 34 heavy (non-hydrogen) atoms. The minimum atomic E-state index is -1.01. The molecule has 1 aromatic carbocycles. The van der Waals surface area contributed by atoms with Gasteiger partial charge in [-0.15, -0.1) is 0 Å². The van der Waals surface area contributed by atoms with Crippen LogP contribution in [0.5, 0.6) is 0 Å². The summed E-state index contributed by atoms with van der Waals surface area (Å²) in [7, 11) is 1.77. The third-order valence-electron chi connectivity index (χ3n) is 8.12. The predicted octanol–water partition coefficient (Wildman–Crippen LogP) is 2.92. The van der Waals surface area contributed by atoms with E-state index in [1.807, 2.05) is 6.07 Å². The van der Waals surface area contributed by atoms with Gasteiger partial charge in [-0.1, -0.05) is 17.9 Å². The summed E-state index contributed by atoms with van der Waals surface area (Å²) in [4.78, 5) is 21.0. The lowest BCUT2D eigenvalue weighted by Gasteiger charge is -2.45. The standard InChI is InChI=1S/C27H29N5O2/c1-34-22-8-11-26(12-9-22)15-21-7-6-19(5-4-18-2-3-18)14-23(21)27(26)24(33)32(25(28)31-27)17-20-10-13-29-30-16-20/h6-7,10,13-14,16,18,22H,2-3,8-9,11-12,15,17H2,1H3,(H2,28,31)/t22-,26-,27?. The summed E-state index contributed by atoms with van der Waals surface area (Å²) >= 11 is 0. The number of aromatic nitrogens is 2. The molecule has 2 spiro atoms. The first-order valence-electron chi connectivity index (χ1n) is 12.2. The topological polar surface area (TPSA) is 93.7 Å². The second kappa shape index (κ2) is 7.92. The van der Waals surface area contributed by atoms with Gasteiger partial charge in [-0.25, -0.2) is 4.99 Å². The molecule has 1 unspecified atom stereocenters. The van der Waals surface area contributed by atoms with Crippen molar-refractivity contribution in [1.29, 1.82) is 0 Å². The molecule has 0 radical (unpaired) electrons. The van der Waals surface area contributed by atoms with Gasteiger partial charge in [-0.2, -0.15) is 10.2 Å². The van der Waals surface area contributed by atoms with Crippen LogP contribution >= 0.6 is 0 Å². The summed E-state index contributed by atoms with van der Waals surface area (Å²) in [5.74, 6) is 7.45. The number of aliphatic imine (C=N–C) groups is 1. The maximum atomic E-state index is 14.3. The first-order valence-corrected chi connectivity index (χ1v) is 12.2. The number of hydrogen-bond acceptors (Lipinski definition) is 6. The van der Waals surface area contributed by atoms with Crippen LogP contribution in [0.25, 0.3) is 0 Å². The van der Waals surface area contributed by atoms with Crippen LogP contribution in [-0.4, -0.2) is 40.2 Å². The molecule has 2 saturated carbocycles. The fraction of sp³-hybridized carbons (Fsp3) is 0.481. The quantitative estimate of drug-likeness (QED) is 0.719. The van der Waals surface area contributed by atoms with Crippen LogP contribution < -0.4 is 5.73 Å². The number of methoxy groups -OCH3 is 1. The highest BCUT2D eigenvalue weighted by Gasteiger charge is 2.66. The average Bonchev–Trinajstić information content (AvgIpc) is 3.62. The molecule has 1 atom stereocenters. The fourth-order valence-corrected chi connectivity index (χ4v) is 6.10. The highest BCUT2D eigenvalue weighted by atomic mass is 16.5. The summed E-state index contributed by atoms with van der Waals surface area (Å²) in [5.41, 5.74) is 9.16. The van der Waals surface area contributed by atoms with Crippen molar-refractivity contribution in [2.24, 2.45) is 22.1 Å². The number of rotatable bonds is 3. The zero-order chi connectivity index (χ0) is 23.3. The third kappa shape index (κ3) is 3.24. The van der Waals surface area contributed by atoms with Crippen LogP contribution in [0.2, 0.25) is 0 Å². The molecule has 7 nitrogen and oxygen atoms in total. The third-order valence-corrected chi connectivity index (χ3v) is 8.12.